The predicted molar refractivity (Wildman–Crippen MR) is 83.5 cm³/mol. The highest BCUT2D eigenvalue weighted by Crippen LogP contribution is 2.02. The van der Waals surface area contributed by atoms with E-state index in [1.807, 2.05) is 30.3 Å². The van der Waals surface area contributed by atoms with E-state index >= 15 is 0 Å². The smallest absolute Gasteiger partial charge is 0.237 e. The van der Waals surface area contributed by atoms with Crippen LogP contribution < -0.4 is 11.1 Å². The molecule has 0 aromatic heterocycles. The van der Waals surface area contributed by atoms with Gasteiger partial charge in [-0.3, -0.25) is 4.79 Å². The van der Waals surface area contributed by atoms with Crippen molar-refractivity contribution < 1.29 is 4.79 Å². The van der Waals surface area contributed by atoms with Crippen molar-refractivity contribution in [3.63, 3.8) is 0 Å². The molecule has 0 saturated carbocycles. The zero-order valence-electron chi connectivity index (χ0n) is 12.8. The summed E-state index contributed by atoms with van der Waals surface area (Å²) in [6, 6.07) is 9.91. The van der Waals surface area contributed by atoms with Crippen molar-refractivity contribution >= 4 is 5.91 Å². The van der Waals surface area contributed by atoms with Crippen LogP contribution in [0.5, 0.6) is 0 Å². The number of nitrogens with zero attached hydrogens (tertiary/aromatic N) is 1. The molecule has 0 aliphatic rings. The van der Waals surface area contributed by atoms with Crippen LogP contribution in [0.4, 0.5) is 0 Å². The van der Waals surface area contributed by atoms with Crippen molar-refractivity contribution in [1.29, 1.82) is 0 Å². The van der Waals surface area contributed by atoms with E-state index in [2.05, 4.69) is 31.1 Å². The zero-order chi connectivity index (χ0) is 15.0. The minimum atomic E-state index is -0.480. The van der Waals surface area contributed by atoms with Crippen LogP contribution in [0.15, 0.2) is 30.3 Å². The second kappa shape index (κ2) is 8.72. The molecule has 3 N–H and O–H groups in total. The predicted octanol–water partition coefficient (Wildman–Crippen LogP) is 1.40. The molecule has 0 bridgehead atoms. The number of nitrogens with two attached hydrogens (primary N) is 1. The third-order valence-electron chi connectivity index (χ3n) is 3.74. The first-order valence-corrected chi connectivity index (χ1v) is 7.32. The number of hydrogen-bond donors (Lipinski definition) is 2. The molecule has 1 aromatic carbocycles. The Labute approximate surface area is 122 Å². The van der Waals surface area contributed by atoms with Gasteiger partial charge in [0, 0.05) is 19.1 Å². The van der Waals surface area contributed by atoms with Crippen molar-refractivity contribution in [1.82, 2.24) is 10.2 Å². The SMILES string of the molecule is CCC(C)N(C)CCNC(=O)[C@H](N)Cc1ccccc1. The summed E-state index contributed by atoms with van der Waals surface area (Å²) in [6.07, 6.45) is 1.69. The fourth-order valence-corrected chi connectivity index (χ4v) is 1.98. The van der Waals surface area contributed by atoms with E-state index < -0.39 is 6.04 Å². The third-order valence-corrected chi connectivity index (χ3v) is 3.74. The first-order chi connectivity index (χ1) is 9.54. The second-order valence-electron chi connectivity index (χ2n) is 5.33. The molecule has 1 rings (SSSR count). The maximum Gasteiger partial charge on any atom is 0.237 e. The van der Waals surface area contributed by atoms with E-state index in [4.69, 9.17) is 5.73 Å². The Bertz CT molecular complexity index is 394. The minimum Gasteiger partial charge on any atom is -0.353 e. The van der Waals surface area contributed by atoms with E-state index in [-0.39, 0.29) is 5.91 Å². The lowest BCUT2D eigenvalue weighted by Crippen LogP contribution is -2.45. The monoisotopic (exact) mass is 277 g/mol. The largest absolute Gasteiger partial charge is 0.353 e. The molecule has 0 aliphatic heterocycles. The summed E-state index contributed by atoms with van der Waals surface area (Å²) < 4.78 is 0. The van der Waals surface area contributed by atoms with Crippen molar-refractivity contribution in [2.75, 3.05) is 20.1 Å². The molecule has 4 heteroatoms. The highest BCUT2D eigenvalue weighted by molar-refractivity contribution is 5.81. The summed E-state index contributed by atoms with van der Waals surface area (Å²) in [6.45, 7) is 5.83. The van der Waals surface area contributed by atoms with Gasteiger partial charge in [-0.2, -0.15) is 0 Å². The van der Waals surface area contributed by atoms with Gasteiger partial charge >= 0.3 is 0 Å². The first-order valence-electron chi connectivity index (χ1n) is 7.32. The first kappa shape index (κ1) is 16.7. The number of benzene rings is 1. The summed E-state index contributed by atoms with van der Waals surface area (Å²) in [5.74, 6) is -0.0774. The van der Waals surface area contributed by atoms with Crippen LogP contribution in [0.3, 0.4) is 0 Å². The average molecular weight is 277 g/mol. The lowest BCUT2D eigenvalue weighted by molar-refractivity contribution is -0.122. The van der Waals surface area contributed by atoms with E-state index in [1.165, 1.54) is 0 Å². The number of hydrogen-bond acceptors (Lipinski definition) is 3. The maximum absolute atomic E-state index is 11.9. The number of likely N-dealkylation sites (N-methyl/N-ethyl adjacent to an activating group) is 1. The number of carbonyl (C=O) groups excluding carboxylic acids is 1. The van der Waals surface area contributed by atoms with E-state index in [0.717, 1.165) is 18.5 Å². The standard InChI is InChI=1S/C16H27N3O/c1-4-13(2)19(3)11-10-18-16(20)15(17)12-14-8-6-5-7-9-14/h5-9,13,15H,4,10-12,17H2,1-3H3,(H,18,20)/t13?,15-/m1/s1. The number of rotatable bonds is 8. The van der Waals surface area contributed by atoms with Gasteiger partial charge in [0.15, 0.2) is 0 Å². The molecule has 4 nitrogen and oxygen atoms in total. The lowest BCUT2D eigenvalue weighted by atomic mass is 10.1. The van der Waals surface area contributed by atoms with Gasteiger partial charge in [-0.1, -0.05) is 37.3 Å². The molecule has 0 spiro atoms. The Morgan fingerprint density at radius 3 is 2.60 bits per heavy atom. The highest BCUT2D eigenvalue weighted by atomic mass is 16.2. The Morgan fingerprint density at radius 1 is 1.35 bits per heavy atom. The van der Waals surface area contributed by atoms with Crippen molar-refractivity contribution in [2.24, 2.45) is 5.73 Å². The molecule has 20 heavy (non-hydrogen) atoms. The van der Waals surface area contributed by atoms with Gasteiger partial charge in [0.25, 0.3) is 0 Å². The van der Waals surface area contributed by atoms with Crippen molar-refractivity contribution in [2.45, 2.75) is 38.8 Å². The zero-order valence-corrected chi connectivity index (χ0v) is 12.8. The third kappa shape index (κ3) is 5.72. The van der Waals surface area contributed by atoms with Crippen LogP contribution in [0.25, 0.3) is 0 Å². The maximum atomic E-state index is 11.9. The van der Waals surface area contributed by atoms with Gasteiger partial charge in [-0.05, 0) is 32.4 Å². The topological polar surface area (TPSA) is 58.4 Å². The van der Waals surface area contributed by atoms with E-state index in [0.29, 0.717) is 19.0 Å². The Morgan fingerprint density at radius 2 is 2.00 bits per heavy atom. The van der Waals surface area contributed by atoms with Crippen LogP contribution in [-0.2, 0) is 11.2 Å². The Balaban J connectivity index is 2.28. The van der Waals surface area contributed by atoms with Gasteiger partial charge in [0.2, 0.25) is 5.91 Å². The summed E-state index contributed by atoms with van der Waals surface area (Å²) in [7, 11) is 2.07. The summed E-state index contributed by atoms with van der Waals surface area (Å²) in [4.78, 5) is 14.2. The molecule has 1 unspecified atom stereocenters. The minimum absolute atomic E-state index is 0.0774. The lowest BCUT2D eigenvalue weighted by Gasteiger charge is -2.23. The van der Waals surface area contributed by atoms with Crippen LogP contribution in [0.2, 0.25) is 0 Å². The summed E-state index contributed by atoms with van der Waals surface area (Å²) in [5, 5.41) is 2.91. The molecule has 0 aliphatic carbocycles. The van der Waals surface area contributed by atoms with Crippen LogP contribution in [0.1, 0.15) is 25.8 Å². The molecule has 0 fully saturated rings. The number of nitrogens with one attached hydrogen (secondary N) is 1. The molecule has 0 saturated heterocycles. The molecule has 1 aromatic rings. The fraction of sp³-hybridized carbons (Fsp3) is 0.562. The van der Waals surface area contributed by atoms with Crippen LogP contribution in [0, 0.1) is 0 Å². The molecule has 2 atom stereocenters. The molecule has 0 radical (unpaired) electrons. The molecule has 112 valence electrons. The van der Waals surface area contributed by atoms with Gasteiger partial charge in [-0.15, -0.1) is 0 Å². The molecule has 0 heterocycles. The van der Waals surface area contributed by atoms with Gasteiger partial charge < -0.3 is 16.0 Å². The van der Waals surface area contributed by atoms with Crippen LogP contribution in [-0.4, -0.2) is 43.0 Å². The molecule has 1 amide bonds. The Kier molecular flexibility index (Phi) is 7.26. The highest BCUT2D eigenvalue weighted by Gasteiger charge is 2.14. The summed E-state index contributed by atoms with van der Waals surface area (Å²) in [5.41, 5.74) is 7.02. The quantitative estimate of drug-likeness (QED) is 0.755. The van der Waals surface area contributed by atoms with Gasteiger partial charge in [0.1, 0.15) is 0 Å². The molecular formula is C16H27N3O. The second-order valence-corrected chi connectivity index (χ2v) is 5.33. The van der Waals surface area contributed by atoms with Gasteiger partial charge in [0.05, 0.1) is 6.04 Å². The Hall–Kier alpha value is -1.39. The van der Waals surface area contributed by atoms with Crippen molar-refractivity contribution in [3.05, 3.63) is 35.9 Å². The number of carbonyl (C=O) groups is 1. The van der Waals surface area contributed by atoms with E-state index in [1.54, 1.807) is 0 Å². The summed E-state index contributed by atoms with van der Waals surface area (Å²) >= 11 is 0. The molecular weight excluding hydrogens is 250 g/mol. The van der Waals surface area contributed by atoms with Crippen LogP contribution >= 0.6 is 0 Å². The average Bonchev–Trinajstić information content (AvgIpc) is 2.47. The fourth-order valence-electron chi connectivity index (χ4n) is 1.98. The van der Waals surface area contributed by atoms with Gasteiger partial charge in [-0.25, -0.2) is 0 Å². The normalized spacial score (nSPS) is 14.1. The van der Waals surface area contributed by atoms with E-state index in [9.17, 15) is 4.79 Å². The number of amides is 1. The van der Waals surface area contributed by atoms with Crippen molar-refractivity contribution in [3.8, 4) is 0 Å².